The number of fused-ring (bicyclic) bond motifs is 1. The molecule has 6 heteroatoms. The number of hydrogen-bond acceptors (Lipinski definition) is 5. The van der Waals surface area contributed by atoms with E-state index in [1.807, 2.05) is 90.7 Å². The molecular formula is C29H28N2O4. The van der Waals surface area contributed by atoms with Gasteiger partial charge in [0.05, 0.1) is 12.3 Å². The van der Waals surface area contributed by atoms with Gasteiger partial charge in [0, 0.05) is 25.1 Å². The summed E-state index contributed by atoms with van der Waals surface area (Å²) in [6, 6.07) is 25.3. The van der Waals surface area contributed by atoms with E-state index < -0.39 is 12.0 Å². The van der Waals surface area contributed by atoms with Crippen molar-refractivity contribution in [3.05, 3.63) is 107 Å². The third-order valence-electron chi connectivity index (χ3n) is 6.44. The number of benzene rings is 3. The van der Waals surface area contributed by atoms with Crippen LogP contribution in [0.1, 0.15) is 28.1 Å². The van der Waals surface area contributed by atoms with Crippen LogP contribution in [0.3, 0.4) is 0 Å². The van der Waals surface area contributed by atoms with Crippen LogP contribution in [-0.2, 0) is 30.7 Å². The van der Waals surface area contributed by atoms with Gasteiger partial charge < -0.3 is 14.3 Å². The van der Waals surface area contributed by atoms with Crippen LogP contribution in [0.15, 0.2) is 83.3 Å². The average molecular weight is 469 g/mol. The Bertz CT molecular complexity index is 1300. The van der Waals surface area contributed by atoms with Gasteiger partial charge >= 0.3 is 5.97 Å². The minimum Gasteiger partial charge on any atom is -0.493 e. The largest absolute Gasteiger partial charge is 0.493 e. The van der Waals surface area contributed by atoms with E-state index >= 15 is 0 Å². The van der Waals surface area contributed by atoms with Gasteiger partial charge in [-0.05, 0) is 54.3 Å². The van der Waals surface area contributed by atoms with Gasteiger partial charge in [0.2, 0.25) is 5.89 Å². The number of carboxylic acid groups (broad SMARTS) is 1. The SMILES string of the molecule is Cc1oc(-c2ccccc2)nc1CCOc1ccc2c(c1)CN(Cc1ccccc1)[C@@H](C(=O)O)C2. The zero-order valence-electron chi connectivity index (χ0n) is 19.7. The van der Waals surface area contributed by atoms with E-state index in [0.29, 0.717) is 38.4 Å². The number of aryl methyl sites for hydroxylation is 1. The van der Waals surface area contributed by atoms with E-state index in [0.717, 1.165) is 39.5 Å². The highest BCUT2D eigenvalue weighted by Crippen LogP contribution is 2.29. The summed E-state index contributed by atoms with van der Waals surface area (Å²) >= 11 is 0. The first kappa shape index (κ1) is 22.9. The summed E-state index contributed by atoms with van der Waals surface area (Å²) in [4.78, 5) is 18.6. The Kier molecular flexibility index (Phi) is 6.64. The van der Waals surface area contributed by atoms with Gasteiger partial charge in [-0.15, -0.1) is 0 Å². The van der Waals surface area contributed by atoms with E-state index in [4.69, 9.17) is 9.15 Å². The van der Waals surface area contributed by atoms with Crippen LogP contribution >= 0.6 is 0 Å². The Hall–Kier alpha value is -3.90. The first-order chi connectivity index (χ1) is 17.1. The van der Waals surface area contributed by atoms with Crippen LogP contribution in [0.25, 0.3) is 11.5 Å². The standard InChI is InChI=1S/C29H28N2O4/c1-20-26(30-28(35-20)22-10-6-3-7-11-22)14-15-34-25-13-12-23-17-27(29(32)33)31(19-24(23)16-25)18-21-8-4-2-5-9-21/h2-13,16,27H,14-15,17-19H2,1H3,(H,32,33)/t27-/m1/s1. The van der Waals surface area contributed by atoms with Crippen molar-refractivity contribution in [2.75, 3.05) is 6.61 Å². The Labute approximate surface area is 204 Å². The topological polar surface area (TPSA) is 75.8 Å². The van der Waals surface area contributed by atoms with Crippen molar-refractivity contribution in [3.8, 4) is 17.2 Å². The van der Waals surface area contributed by atoms with E-state index in [1.165, 1.54) is 0 Å². The predicted molar refractivity (Wildman–Crippen MR) is 133 cm³/mol. The molecule has 1 aromatic heterocycles. The molecule has 0 saturated heterocycles. The monoisotopic (exact) mass is 468 g/mol. The summed E-state index contributed by atoms with van der Waals surface area (Å²) in [6.45, 7) is 3.57. The maximum atomic E-state index is 11.9. The number of hydrogen-bond donors (Lipinski definition) is 1. The molecule has 178 valence electrons. The average Bonchev–Trinajstić information content (AvgIpc) is 3.25. The second-order valence-electron chi connectivity index (χ2n) is 8.87. The highest BCUT2D eigenvalue weighted by molar-refractivity contribution is 5.74. The van der Waals surface area contributed by atoms with Gasteiger partial charge in [0.1, 0.15) is 17.6 Å². The zero-order valence-corrected chi connectivity index (χ0v) is 19.7. The normalized spacial score (nSPS) is 15.5. The maximum absolute atomic E-state index is 11.9. The lowest BCUT2D eigenvalue weighted by Crippen LogP contribution is -2.45. The van der Waals surface area contributed by atoms with Crippen molar-refractivity contribution in [2.45, 2.75) is 38.9 Å². The van der Waals surface area contributed by atoms with Crippen LogP contribution in [0, 0.1) is 6.92 Å². The summed E-state index contributed by atoms with van der Waals surface area (Å²) in [5.41, 5.74) is 5.12. The minimum atomic E-state index is -0.787. The van der Waals surface area contributed by atoms with Crippen LogP contribution in [0.2, 0.25) is 0 Å². The van der Waals surface area contributed by atoms with Crippen LogP contribution < -0.4 is 4.74 Å². The zero-order chi connectivity index (χ0) is 24.2. The first-order valence-corrected chi connectivity index (χ1v) is 11.8. The molecule has 0 fully saturated rings. The van der Waals surface area contributed by atoms with Crippen molar-refractivity contribution in [1.29, 1.82) is 0 Å². The summed E-state index contributed by atoms with van der Waals surface area (Å²) in [5, 5.41) is 9.81. The van der Waals surface area contributed by atoms with Crippen molar-refractivity contribution in [1.82, 2.24) is 9.88 Å². The lowest BCUT2D eigenvalue weighted by atomic mass is 9.93. The molecule has 2 heterocycles. The number of oxazole rings is 1. The number of rotatable bonds is 8. The van der Waals surface area contributed by atoms with Crippen LogP contribution in [0.5, 0.6) is 5.75 Å². The fraction of sp³-hybridized carbons (Fsp3) is 0.241. The fourth-order valence-electron chi connectivity index (χ4n) is 4.56. The number of carboxylic acids is 1. The Morgan fingerprint density at radius 3 is 2.54 bits per heavy atom. The van der Waals surface area contributed by atoms with E-state index in [1.54, 1.807) is 0 Å². The summed E-state index contributed by atoms with van der Waals surface area (Å²) in [5.74, 6) is 1.42. The molecule has 1 atom stereocenters. The highest BCUT2D eigenvalue weighted by atomic mass is 16.5. The molecule has 1 N–H and O–H groups in total. The van der Waals surface area contributed by atoms with Gasteiger partial charge in [-0.2, -0.15) is 0 Å². The molecule has 1 aliphatic rings. The minimum absolute atomic E-state index is 0.478. The predicted octanol–water partition coefficient (Wildman–Crippen LogP) is 5.28. The second kappa shape index (κ2) is 10.2. The number of carbonyl (C=O) groups is 1. The van der Waals surface area contributed by atoms with Crippen molar-refractivity contribution < 1.29 is 19.1 Å². The van der Waals surface area contributed by atoms with Crippen LogP contribution in [-0.4, -0.2) is 33.6 Å². The number of nitrogens with zero attached hydrogens (tertiary/aromatic N) is 2. The lowest BCUT2D eigenvalue weighted by Gasteiger charge is -2.34. The van der Waals surface area contributed by atoms with Crippen molar-refractivity contribution in [2.24, 2.45) is 0 Å². The molecule has 0 unspecified atom stereocenters. The second-order valence-corrected chi connectivity index (χ2v) is 8.87. The summed E-state index contributed by atoms with van der Waals surface area (Å²) in [7, 11) is 0. The lowest BCUT2D eigenvalue weighted by molar-refractivity contribution is -0.144. The van der Waals surface area contributed by atoms with Crippen molar-refractivity contribution >= 4 is 5.97 Å². The first-order valence-electron chi connectivity index (χ1n) is 11.8. The Morgan fingerprint density at radius 2 is 1.80 bits per heavy atom. The van der Waals surface area contributed by atoms with E-state index in [2.05, 4.69) is 4.98 Å². The number of ether oxygens (including phenoxy) is 1. The Balaban J connectivity index is 1.25. The molecule has 3 aromatic carbocycles. The molecule has 0 bridgehead atoms. The van der Waals surface area contributed by atoms with E-state index in [-0.39, 0.29) is 0 Å². The molecule has 0 amide bonds. The molecule has 0 aliphatic carbocycles. The molecule has 0 saturated carbocycles. The van der Waals surface area contributed by atoms with Gasteiger partial charge in [-0.1, -0.05) is 54.6 Å². The molecule has 0 radical (unpaired) electrons. The fourth-order valence-corrected chi connectivity index (χ4v) is 4.56. The third kappa shape index (κ3) is 5.28. The molecule has 5 rings (SSSR count). The van der Waals surface area contributed by atoms with Crippen LogP contribution in [0.4, 0.5) is 0 Å². The van der Waals surface area contributed by atoms with Crippen molar-refractivity contribution in [3.63, 3.8) is 0 Å². The summed E-state index contributed by atoms with van der Waals surface area (Å²) < 4.78 is 11.9. The molecule has 4 aromatic rings. The highest BCUT2D eigenvalue weighted by Gasteiger charge is 2.31. The Morgan fingerprint density at radius 1 is 1.06 bits per heavy atom. The van der Waals surface area contributed by atoms with E-state index in [9.17, 15) is 9.90 Å². The third-order valence-corrected chi connectivity index (χ3v) is 6.44. The molecular weight excluding hydrogens is 440 g/mol. The molecule has 35 heavy (non-hydrogen) atoms. The molecule has 1 aliphatic heterocycles. The summed E-state index contributed by atoms with van der Waals surface area (Å²) in [6.07, 6.45) is 1.12. The maximum Gasteiger partial charge on any atom is 0.321 e. The van der Waals surface area contributed by atoms with Gasteiger partial charge in [-0.3, -0.25) is 9.69 Å². The number of aromatic nitrogens is 1. The van der Waals surface area contributed by atoms with Gasteiger partial charge in [0.15, 0.2) is 0 Å². The smallest absolute Gasteiger partial charge is 0.321 e. The van der Waals surface area contributed by atoms with Gasteiger partial charge in [0.25, 0.3) is 0 Å². The quantitative estimate of drug-likeness (QED) is 0.379. The van der Waals surface area contributed by atoms with Gasteiger partial charge in [-0.25, -0.2) is 4.98 Å². The number of aliphatic carboxylic acids is 1. The molecule has 6 nitrogen and oxygen atoms in total. The molecule has 0 spiro atoms.